The lowest BCUT2D eigenvalue weighted by Gasteiger charge is -2.22. The molecule has 10 nitrogen and oxygen atoms in total. The molecular formula is C20H22N4O6. The van der Waals surface area contributed by atoms with Crippen LogP contribution in [0.2, 0.25) is 0 Å². The number of hydrogen-bond donors (Lipinski definition) is 6. The zero-order chi connectivity index (χ0) is 21.8. The van der Waals surface area contributed by atoms with Crippen LogP contribution in [0.4, 0.5) is 21.0 Å². The van der Waals surface area contributed by atoms with Gasteiger partial charge in [0.2, 0.25) is 11.5 Å². The molecule has 1 aromatic carbocycles. The van der Waals surface area contributed by atoms with Gasteiger partial charge in [-0.25, -0.2) is 9.59 Å². The number of H-pyrrole nitrogens is 1. The molecule has 158 valence electrons. The van der Waals surface area contributed by atoms with Crippen molar-refractivity contribution in [1.82, 2.24) is 10.3 Å². The van der Waals surface area contributed by atoms with Crippen molar-refractivity contribution in [3.05, 3.63) is 46.4 Å². The van der Waals surface area contributed by atoms with E-state index < -0.39 is 23.8 Å². The molecule has 0 fully saturated rings. The molecule has 10 heteroatoms. The number of anilines is 2. The number of aromatic amines is 1. The summed E-state index contributed by atoms with van der Waals surface area (Å²) in [6.45, 7) is 1.76. The van der Waals surface area contributed by atoms with Crippen LogP contribution in [0.3, 0.4) is 0 Å². The van der Waals surface area contributed by atoms with E-state index >= 15 is 0 Å². The summed E-state index contributed by atoms with van der Waals surface area (Å²) in [5.74, 6) is -0.603. The molecule has 2 bridgehead atoms. The maximum atomic E-state index is 12.7. The standard InChI is InChI=1S/C20H22N4O6/c1-10-3-2-4-14(24-20(29)30)16-7-11(8-17(25)22-16)13-6-5-12(21-19(27)28)9-15(13)23-18(10)26/h5-10,14,21,24H,2-4H2,1H3,(H,22,25)(H,23,26)(H,27,28)(H,29,30)/t10?,14-/m0/s1. The molecule has 0 radical (unpaired) electrons. The van der Waals surface area contributed by atoms with Crippen molar-refractivity contribution in [2.75, 3.05) is 10.6 Å². The fraction of sp³-hybridized carbons (Fsp3) is 0.300. The minimum atomic E-state index is -1.25. The van der Waals surface area contributed by atoms with E-state index in [2.05, 4.69) is 20.9 Å². The van der Waals surface area contributed by atoms with Gasteiger partial charge in [0.25, 0.3) is 0 Å². The molecule has 0 saturated carbocycles. The minimum Gasteiger partial charge on any atom is -0.465 e. The first-order valence-corrected chi connectivity index (χ1v) is 9.42. The largest absolute Gasteiger partial charge is 0.465 e. The highest BCUT2D eigenvalue weighted by Crippen LogP contribution is 2.33. The number of nitrogens with one attached hydrogen (secondary N) is 4. The second kappa shape index (κ2) is 8.68. The number of carboxylic acid groups (broad SMARTS) is 2. The molecule has 1 aliphatic heterocycles. The average molecular weight is 414 g/mol. The average Bonchev–Trinajstić information content (AvgIpc) is 2.65. The number of pyridine rings is 1. The second-order valence-electron chi connectivity index (χ2n) is 7.20. The molecule has 30 heavy (non-hydrogen) atoms. The van der Waals surface area contributed by atoms with E-state index in [1.54, 1.807) is 19.1 Å². The highest BCUT2D eigenvalue weighted by Gasteiger charge is 2.22. The van der Waals surface area contributed by atoms with Crippen LogP contribution >= 0.6 is 0 Å². The number of hydrogen-bond acceptors (Lipinski definition) is 4. The fourth-order valence-corrected chi connectivity index (χ4v) is 3.48. The smallest absolute Gasteiger partial charge is 0.409 e. The van der Waals surface area contributed by atoms with E-state index in [-0.39, 0.29) is 17.5 Å². The van der Waals surface area contributed by atoms with Crippen LogP contribution in [-0.4, -0.2) is 33.3 Å². The van der Waals surface area contributed by atoms with Crippen LogP contribution in [0.1, 0.15) is 37.9 Å². The van der Waals surface area contributed by atoms with Gasteiger partial charge in [0.05, 0.1) is 11.7 Å². The Labute approximate surface area is 171 Å². The van der Waals surface area contributed by atoms with Crippen molar-refractivity contribution in [2.24, 2.45) is 5.92 Å². The van der Waals surface area contributed by atoms with Crippen LogP contribution in [0, 0.1) is 5.92 Å². The Hall–Kier alpha value is -3.82. The highest BCUT2D eigenvalue weighted by molar-refractivity contribution is 5.98. The summed E-state index contributed by atoms with van der Waals surface area (Å²) < 4.78 is 0. The summed E-state index contributed by atoms with van der Waals surface area (Å²) in [6, 6.07) is 6.95. The molecule has 3 rings (SSSR count). The van der Waals surface area contributed by atoms with Crippen molar-refractivity contribution < 1.29 is 24.6 Å². The first-order valence-electron chi connectivity index (χ1n) is 9.42. The molecule has 0 spiro atoms. The predicted octanol–water partition coefficient (Wildman–Crippen LogP) is 3.20. The summed E-state index contributed by atoms with van der Waals surface area (Å²) >= 11 is 0. The van der Waals surface area contributed by atoms with Gasteiger partial charge in [0.15, 0.2) is 0 Å². The van der Waals surface area contributed by atoms with Crippen molar-refractivity contribution in [2.45, 2.75) is 32.2 Å². The van der Waals surface area contributed by atoms with E-state index in [9.17, 15) is 24.3 Å². The molecule has 0 saturated heterocycles. The van der Waals surface area contributed by atoms with Crippen LogP contribution in [-0.2, 0) is 4.79 Å². The Balaban J connectivity index is 2.16. The Morgan fingerprint density at radius 2 is 1.83 bits per heavy atom. The van der Waals surface area contributed by atoms with Crippen molar-refractivity contribution in [3.63, 3.8) is 0 Å². The lowest BCUT2D eigenvalue weighted by Crippen LogP contribution is -2.29. The number of rotatable bonds is 2. The minimum absolute atomic E-state index is 0.253. The predicted molar refractivity (Wildman–Crippen MR) is 110 cm³/mol. The van der Waals surface area contributed by atoms with E-state index in [1.807, 2.05) is 0 Å². The molecule has 1 unspecified atom stereocenters. The van der Waals surface area contributed by atoms with Gasteiger partial charge < -0.3 is 25.8 Å². The second-order valence-corrected chi connectivity index (χ2v) is 7.20. The summed E-state index contributed by atoms with van der Waals surface area (Å²) in [7, 11) is 0. The Morgan fingerprint density at radius 3 is 2.53 bits per heavy atom. The quantitative estimate of drug-likeness (QED) is 0.442. The Bertz CT molecular complexity index is 1050. The molecule has 2 heterocycles. The molecule has 3 amide bonds. The van der Waals surface area contributed by atoms with Crippen molar-refractivity contribution in [3.8, 4) is 11.1 Å². The monoisotopic (exact) mass is 414 g/mol. The molecule has 2 aromatic rings. The van der Waals surface area contributed by atoms with Crippen LogP contribution in [0.15, 0.2) is 35.1 Å². The zero-order valence-corrected chi connectivity index (χ0v) is 16.2. The zero-order valence-electron chi connectivity index (χ0n) is 16.2. The molecule has 1 aliphatic rings. The number of benzene rings is 1. The number of carbonyl (C=O) groups excluding carboxylic acids is 1. The van der Waals surface area contributed by atoms with Gasteiger partial charge in [0, 0.05) is 28.9 Å². The normalized spacial score (nSPS) is 18.8. The van der Waals surface area contributed by atoms with Gasteiger partial charge in [0.1, 0.15) is 0 Å². The fourth-order valence-electron chi connectivity index (χ4n) is 3.48. The molecule has 6 N–H and O–H groups in total. The highest BCUT2D eigenvalue weighted by atomic mass is 16.4. The summed E-state index contributed by atoms with van der Waals surface area (Å²) in [4.78, 5) is 49.8. The lowest BCUT2D eigenvalue weighted by molar-refractivity contribution is -0.119. The van der Waals surface area contributed by atoms with Gasteiger partial charge in [-0.05, 0) is 36.6 Å². The van der Waals surface area contributed by atoms with Gasteiger partial charge >= 0.3 is 12.2 Å². The summed E-state index contributed by atoms with van der Waals surface area (Å²) in [5, 5.41) is 25.6. The van der Waals surface area contributed by atoms with Crippen LogP contribution < -0.4 is 21.5 Å². The molecule has 2 atom stereocenters. The summed E-state index contributed by atoms with van der Waals surface area (Å²) in [6.07, 6.45) is -0.981. The van der Waals surface area contributed by atoms with E-state index in [1.165, 1.54) is 18.2 Å². The first kappa shape index (κ1) is 20.9. The molecule has 1 aromatic heterocycles. The topological polar surface area (TPSA) is 161 Å². The first-order chi connectivity index (χ1) is 14.2. The van der Waals surface area contributed by atoms with Gasteiger partial charge in [-0.15, -0.1) is 0 Å². The Kier molecular flexibility index (Phi) is 6.05. The van der Waals surface area contributed by atoms with Crippen molar-refractivity contribution >= 4 is 29.5 Å². The maximum absolute atomic E-state index is 12.7. The Morgan fingerprint density at radius 1 is 1.07 bits per heavy atom. The van der Waals surface area contributed by atoms with Crippen LogP contribution in [0.5, 0.6) is 0 Å². The van der Waals surface area contributed by atoms with E-state index in [4.69, 9.17) is 5.11 Å². The van der Waals surface area contributed by atoms with E-state index in [0.717, 1.165) is 0 Å². The number of aromatic nitrogens is 1. The van der Waals surface area contributed by atoms with Gasteiger partial charge in [-0.1, -0.05) is 19.4 Å². The third-order valence-electron chi connectivity index (χ3n) is 4.96. The molecule has 0 aliphatic carbocycles. The number of fused-ring (bicyclic) bond motifs is 4. The van der Waals surface area contributed by atoms with Crippen LogP contribution in [0.25, 0.3) is 11.1 Å². The number of carbonyl (C=O) groups is 3. The number of amides is 3. The third-order valence-corrected chi connectivity index (χ3v) is 4.96. The van der Waals surface area contributed by atoms with Gasteiger partial charge in [-0.2, -0.15) is 0 Å². The molecular weight excluding hydrogens is 392 g/mol. The summed E-state index contributed by atoms with van der Waals surface area (Å²) in [5.41, 5.74) is 1.58. The van der Waals surface area contributed by atoms with E-state index in [0.29, 0.717) is 41.8 Å². The van der Waals surface area contributed by atoms with Gasteiger partial charge in [-0.3, -0.25) is 14.9 Å². The maximum Gasteiger partial charge on any atom is 0.409 e. The SMILES string of the molecule is CC1CCC[C@H](NC(=O)O)c2cc(cc(=O)[nH]2)-c2ccc(NC(=O)O)cc2NC1=O. The third kappa shape index (κ3) is 4.96. The van der Waals surface area contributed by atoms with Crippen molar-refractivity contribution in [1.29, 1.82) is 0 Å². The lowest BCUT2D eigenvalue weighted by atomic mass is 9.95.